The second-order valence-electron chi connectivity index (χ2n) is 9.30. The molecule has 1 unspecified atom stereocenters. The van der Waals surface area contributed by atoms with Gasteiger partial charge in [-0.25, -0.2) is 0 Å². The summed E-state index contributed by atoms with van der Waals surface area (Å²) in [6.07, 6.45) is 19.8. The first-order chi connectivity index (χ1) is 14.7. The largest absolute Gasteiger partial charge is 0.327 e. The lowest BCUT2D eigenvalue weighted by Crippen LogP contribution is -2.62. The number of ether oxygens (including phenoxy) is 3. The van der Waals surface area contributed by atoms with Gasteiger partial charge in [-0.3, -0.25) is 4.90 Å². The Bertz CT molecular complexity index is 385. The van der Waals surface area contributed by atoms with Crippen LogP contribution in [0.4, 0.5) is 0 Å². The van der Waals surface area contributed by atoms with Crippen molar-refractivity contribution in [2.24, 2.45) is 0 Å². The van der Waals surface area contributed by atoms with Gasteiger partial charge in [0.2, 0.25) is 0 Å². The molecule has 0 amide bonds. The quantitative estimate of drug-likeness (QED) is 0.184. The second-order valence-corrected chi connectivity index (χ2v) is 9.30. The predicted octanol–water partition coefficient (Wildman–Crippen LogP) is 7.06. The number of rotatable bonds is 17. The molecule has 2 aliphatic carbocycles. The Balaban J connectivity index is 2.25. The molecular formula is C26H51NO3. The van der Waals surface area contributed by atoms with Crippen LogP contribution in [0.5, 0.6) is 0 Å². The van der Waals surface area contributed by atoms with Crippen molar-refractivity contribution in [3.63, 3.8) is 0 Å². The van der Waals surface area contributed by atoms with Crippen LogP contribution < -0.4 is 0 Å². The Hall–Kier alpha value is -0.160. The summed E-state index contributed by atoms with van der Waals surface area (Å²) < 4.78 is 19.1. The zero-order valence-electron chi connectivity index (χ0n) is 20.6. The van der Waals surface area contributed by atoms with E-state index in [9.17, 15) is 0 Å². The average molecular weight is 426 g/mol. The predicted molar refractivity (Wildman–Crippen MR) is 126 cm³/mol. The van der Waals surface area contributed by atoms with Gasteiger partial charge in [-0.15, -0.1) is 0 Å². The lowest BCUT2D eigenvalue weighted by Gasteiger charge is -2.49. The summed E-state index contributed by atoms with van der Waals surface area (Å²) in [4.78, 5) is 2.85. The van der Waals surface area contributed by atoms with Crippen molar-refractivity contribution in [2.75, 3.05) is 19.8 Å². The van der Waals surface area contributed by atoms with Crippen molar-refractivity contribution >= 4 is 0 Å². The minimum Gasteiger partial charge on any atom is -0.327 e. The molecule has 0 heterocycles. The minimum absolute atomic E-state index is 0.190. The van der Waals surface area contributed by atoms with Gasteiger partial charge in [0.05, 0.1) is 6.04 Å². The number of hydrogen-bond donors (Lipinski definition) is 0. The third kappa shape index (κ3) is 7.46. The highest BCUT2D eigenvalue weighted by Crippen LogP contribution is 2.39. The van der Waals surface area contributed by atoms with E-state index in [2.05, 4.69) is 32.6 Å². The highest BCUT2D eigenvalue weighted by Gasteiger charge is 2.49. The minimum atomic E-state index is -0.924. The fourth-order valence-corrected chi connectivity index (χ4v) is 5.86. The van der Waals surface area contributed by atoms with Gasteiger partial charge in [0.25, 0.3) is 5.97 Å². The molecule has 1 atom stereocenters. The van der Waals surface area contributed by atoms with Gasteiger partial charge < -0.3 is 14.2 Å². The Morgan fingerprint density at radius 2 is 1.10 bits per heavy atom. The maximum Gasteiger partial charge on any atom is 0.299 e. The first-order valence-electron chi connectivity index (χ1n) is 13.4. The molecule has 178 valence electrons. The Morgan fingerprint density at radius 3 is 1.53 bits per heavy atom. The molecule has 2 fully saturated rings. The Morgan fingerprint density at radius 1 is 0.667 bits per heavy atom. The summed E-state index contributed by atoms with van der Waals surface area (Å²) in [5.41, 5.74) is 0. The lowest BCUT2D eigenvalue weighted by molar-refractivity contribution is -0.404. The molecule has 0 aromatic heterocycles. The molecular weight excluding hydrogens is 374 g/mol. The maximum absolute atomic E-state index is 6.38. The zero-order chi connectivity index (χ0) is 21.7. The zero-order valence-corrected chi connectivity index (χ0v) is 20.6. The molecule has 2 rings (SSSR count). The van der Waals surface area contributed by atoms with E-state index in [1.165, 1.54) is 89.9 Å². The highest BCUT2D eigenvalue weighted by atomic mass is 16.9. The second kappa shape index (κ2) is 14.8. The maximum atomic E-state index is 6.38. The topological polar surface area (TPSA) is 30.9 Å². The van der Waals surface area contributed by atoms with Crippen molar-refractivity contribution in [3.05, 3.63) is 0 Å². The standard InChI is InChI=1S/C26H51NO3/c1-5-9-10-11-12-13-22-25(26(28-6-2,29-7-3)30-8-4)27(23-18-14-15-19-23)24-20-16-17-21-24/h23-25H,5-22H2,1-4H3. The molecule has 2 saturated carbocycles. The van der Waals surface area contributed by atoms with Crippen molar-refractivity contribution in [1.29, 1.82) is 0 Å². The van der Waals surface area contributed by atoms with Crippen molar-refractivity contribution in [1.82, 2.24) is 4.90 Å². The van der Waals surface area contributed by atoms with Gasteiger partial charge in [0, 0.05) is 31.9 Å². The van der Waals surface area contributed by atoms with Crippen LogP contribution in [-0.4, -0.2) is 48.8 Å². The molecule has 30 heavy (non-hydrogen) atoms. The molecule has 0 spiro atoms. The van der Waals surface area contributed by atoms with Crippen molar-refractivity contribution in [2.45, 2.75) is 148 Å². The Labute approximate surface area is 187 Å². The highest BCUT2D eigenvalue weighted by molar-refractivity contribution is 4.94. The van der Waals surface area contributed by atoms with Crippen LogP contribution >= 0.6 is 0 Å². The van der Waals surface area contributed by atoms with Gasteiger partial charge in [-0.2, -0.15) is 0 Å². The molecule has 0 aromatic rings. The van der Waals surface area contributed by atoms with Crippen molar-refractivity contribution in [3.8, 4) is 0 Å². The van der Waals surface area contributed by atoms with Crippen LogP contribution in [0.2, 0.25) is 0 Å². The summed E-state index contributed by atoms with van der Waals surface area (Å²) >= 11 is 0. The van der Waals surface area contributed by atoms with Crippen LogP contribution in [0.25, 0.3) is 0 Å². The Kier molecular flexibility index (Phi) is 12.9. The normalized spacial score (nSPS) is 19.9. The van der Waals surface area contributed by atoms with Crippen LogP contribution in [0.15, 0.2) is 0 Å². The van der Waals surface area contributed by atoms with Gasteiger partial charge >= 0.3 is 0 Å². The van der Waals surface area contributed by atoms with E-state index in [4.69, 9.17) is 14.2 Å². The summed E-state index contributed by atoms with van der Waals surface area (Å²) in [7, 11) is 0. The van der Waals surface area contributed by atoms with E-state index < -0.39 is 5.97 Å². The third-order valence-electron chi connectivity index (χ3n) is 7.13. The van der Waals surface area contributed by atoms with Crippen LogP contribution in [0, 0.1) is 0 Å². The van der Waals surface area contributed by atoms with E-state index in [1.807, 2.05) is 0 Å². The number of nitrogens with zero attached hydrogens (tertiary/aromatic N) is 1. The van der Waals surface area contributed by atoms with Gasteiger partial charge in [0.1, 0.15) is 0 Å². The monoisotopic (exact) mass is 425 g/mol. The molecule has 0 bridgehead atoms. The summed E-state index contributed by atoms with van der Waals surface area (Å²) in [5, 5.41) is 0. The van der Waals surface area contributed by atoms with E-state index in [1.54, 1.807) is 0 Å². The van der Waals surface area contributed by atoms with E-state index in [0.717, 1.165) is 6.42 Å². The SMILES string of the molecule is CCCCCCCCC(N(C1CCCC1)C1CCCC1)C(OCC)(OCC)OCC. The van der Waals surface area contributed by atoms with Gasteiger partial charge in [-0.1, -0.05) is 71.1 Å². The molecule has 0 aliphatic heterocycles. The van der Waals surface area contributed by atoms with Crippen LogP contribution in [0.1, 0.15) is 124 Å². The summed E-state index contributed by atoms with van der Waals surface area (Å²) in [6, 6.07) is 1.52. The third-order valence-corrected chi connectivity index (χ3v) is 7.13. The summed E-state index contributed by atoms with van der Waals surface area (Å²) in [6.45, 7) is 10.4. The first-order valence-corrected chi connectivity index (χ1v) is 13.4. The molecule has 0 saturated heterocycles. The number of unbranched alkanes of at least 4 members (excludes halogenated alkanes) is 5. The molecule has 0 radical (unpaired) electrons. The fraction of sp³-hybridized carbons (Fsp3) is 1.00. The molecule has 4 nitrogen and oxygen atoms in total. The molecule has 4 heteroatoms. The smallest absolute Gasteiger partial charge is 0.299 e. The summed E-state index contributed by atoms with van der Waals surface area (Å²) in [5.74, 6) is -0.924. The van der Waals surface area contributed by atoms with Crippen LogP contribution in [0.3, 0.4) is 0 Å². The van der Waals surface area contributed by atoms with Gasteiger partial charge in [-0.05, 0) is 52.9 Å². The van der Waals surface area contributed by atoms with E-state index in [0.29, 0.717) is 31.9 Å². The van der Waals surface area contributed by atoms with E-state index in [-0.39, 0.29) is 6.04 Å². The average Bonchev–Trinajstić information content (AvgIpc) is 3.45. The fourth-order valence-electron chi connectivity index (χ4n) is 5.86. The van der Waals surface area contributed by atoms with E-state index >= 15 is 0 Å². The molecule has 2 aliphatic rings. The first kappa shape index (κ1) is 26.1. The van der Waals surface area contributed by atoms with Crippen LogP contribution in [-0.2, 0) is 14.2 Å². The van der Waals surface area contributed by atoms with Gasteiger partial charge in [0.15, 0.2) is 0 Å². The molecule has 0 N–H and O–H groups in total. The molecule has 0 aromatic carbocycles. The lowest BCUT2D eigenvalue weighted by atomic mass is 9.97. The van der Waals surface area contributed by atoms with Crippen molar-refractivity contribution < 1.29 is 14.2 Å². The number of hydrogen-bond acceptors (Lipinski definition) is 4.